The van der Waals surface area contributed by atoms with Crippen LogP contribution in [-0.2, 0) is 0 Å². The summed E-state index contributed by atoms with van der Waals surface area (Å²) in [6, 6.07) is 10.1. The van der Waals surface area contributed by atoms with Crippen LogP contribution in [-0.4, -0.2) is 17.1 Å². The van der Waals surface area contributed by atoms with Gasteiger partial charge in [-0.2, -0.15) is 5.26 Å². The van der Waals surface area contributed by atoms with Crippen molar-refractivity contribution in [3.63, 3.8) is 0 Å². The summed E-state index contributed by atoms with van der Waals surface area (Å²) >= 11 is 0. The average Bonchev–Trinajstić information content (AvgIpc) is 3.32. The molecule has 1 aromatic heterocycles. The van der Waals surface area contributed by atoms with Crippen molar-refractivity contribution in [1.29, 1.82) is 5.26 Å². The average molecular weight is 266 g/mol. The summed E-state index contributed by atoms with van der Waals surface area (Å²) in [5.41, 5.74) is 8.14. The van der Waals surface area contributed by atoms with Gasteiger partial charge in [0.15, 0.2) is 0 Å². The number of anilines is 1. The minimum atomic E-state index is -0.157. The fraction of sp³-hybridized carbons (Fsp3) is 0.375. The second-order valence-electron chi connectivity index (χ2n) is 5.70. The molecule has 0 amide bonds. The predicted octanol–water partition coefficient (Wildman–Crippen LogP) is 2.65. The second kappa shape index (κ2) is 4.77. The molecule has 3 rings (SSSR count). The third-order valence-electron chi connectivity index (χ3n) is 4.21. The number of nitrogens with zero attached hydrogens (tertiary/aromatic N) is 2. The van der Waals surface area contributed by atoms with Gasteiger partial charge in [0.1, 0.15) is 6.07 Å². The predicted molar refractivity (Wildman–Crippen MR) is 80.3 cm³/mol. The van der Waals surface area contributed by atoms with E-state index in [9.17, 15) is 5.26 Å². The number of fused-ring (bicyclic) bond motifs is 1. The lowest BCUT2D eigenvalue weighted by molar-refractivity contribution is 0.460. The molecule has 1 aromatic carbocycles. The number of nitrogens with two attached hydrogens (primary N) is 1. The van der Waals surface area contributed by atoms with E-state index in [0.717, 1.165) is 16.6 Å². The van der Waals surface area contributed by atoms with E-state index in [1.807, 2.05) is 24.3 Å². The number of aromatic nitrogens is 1. The molecule has 1 saturated carbocycles. The van der Waals surface area contributed by atoms with Crippen molar-refractivity contribution in [3.8, 4) is 6.07 Å². The molecule has 0 bridgehead atoms. The highest BCUT2D eigenvalue weighted by Gasteiger charge is 2.41. The highest BCUT2D eigenvalue weighted by molar-refractivity contribution is 5.94. The van der Waals surface area contributed by atoms with E-state index in [1.165, 1.54) is 12.8 Å². The van der Waals surface area contributed by atoms with E-state index in [-0.39, 0.29) is 5.54 Å². The smallest absolute Gasteiger partial charge is 0.103 e. The Morgan fingerprint density at radius 2 is 2.20 bits per heavy atom. The van der Waals surface area contributed by atoms with Crippen molar-refractivity contribution in [2.75, 3.05) is 11.9 Å². The number of para-hydroxylation sites is 1. The van der Waals surface area contributed by atoms with E-state index >= 15 is 0 Å². The van der Waals surface area contributed by atoms with Gasteiger partial charge in [0.25, 0.3) is 0 Å². The maximum absolute atomic E-state index is 9.34. The molecule has 0 radical (unpaired) electrons. The van der Waals surface area contributed by atoms with Gasteiger partial charge < -0.3 is 11.1 Å². The first-order chi connectivity index (χ1) is 9.68. The normalized spacial score (nSPS) is 17.4. The summed E-state index contributed by atoms with van der Waals surface area (Å²) in [6.07, 6.45) is 4.03. The van der Waals surface area contributed by atoms with Crippen molar-refractivity contribution in [3.05, 3.63) is 36.0 Å². The second-order valence-corrected chi connectivity index (χ2v) is 5.70. The summed E-state index contributed by atoms with van der Waals surface area (Å²) in [6.45, 7) is 2.69. The third-order valence-corrected chi connectivity index (χ3v) is 4.21. The Kier molecular flexibility index (Phi) is 3.07. The topological polar surface area (TPSA) is 74.7 Å². The molecular formula is C16H18N4. The SMILES string of the molecule is CC(CN)(Nc1c(C#N)cnc2ccccc12)C1CC1. The van der Waals surface area contributed by atoms with Gasteiger partial charge >= 0.3 is 0 Å². The van der Waals surface area contributed by atoms with Crippen LogP contribution in [0.5, 0.6) is 0 Å². The first kappa shape index (κ1) is 12.9. The molecule has 2 aromatic rings. The molecule has 20 heavy (non-hydrogen) atoms. The van der Waals surface area contributed by atoms with Gasteiger partial charge in [0, 0.05) is 23.7 Å². The summed E-state index contributed by atoms with van der Waals surface area (Å²) < 4.78 is 0. The maximum atomic E-state index is 9.34. The summed E-state index contributed by atoms with van der Waals surface area (Å²) in [5.74, 6) is 0.589. The molecule has 1 unspecified atom stereocenters. The minimum Gasteiger partial charge on any atom is -0.377 e. The zero-order valence-electron chi connectivity index (χ0n) is 11.6. The Hall–Kier alpha value is -2.12. The van der Waals surface area contributed by atoms with Crippen LogP contribution in [0.15, 0.2) is 30.5 Å². The van der Waals surface area contributed by atoms with Crippen molar-refractivity contribution in [2.24, 2.45) is 11.7 Å². The van der Waals surface area contributed by atoms with Gasteiger partial charge in [0.2, 0.25) is 0 Å². The number of nitrogens with one attached hydrogen (secondary N) is 1. The van der Waals surface area contributed by atoms with Crippen LogP contribution in [0.3, 0.4) is 0 Å². The van der Waals surface area contributed by atoms with Crippen LogP contribution in [0, 0.1) is 17.2 Å². The minimum absolute atomic E-state index is 0.157. The zero-order chi connectivity index (χ0) is 14.2. The number of benzene rings is 1. The van der Waals surface area contributed by atoms with Crippen molar-refractivity contribution in [1.82, 2.24) is 4.98 Å². The van der Waals surface area contributed by atoms with Gasteiger partial charge in [0.05, 0.1) is 16.8 Å². The van der Waals surface area contributed by atoms with Crippen LogP contribution in [0.4, 0.5) is 5.69 Å². The lowest BCUT2D eigenvalue weighted by Gasteiger charge is -2.31. The van der Waals surface area contributed by atoms with E-state index < -0.39 is 0 Å². The van der Waals surface area contributed by atoms with Crippen molar-refractivity contribution in [2.45, 2.75) is 25.3 Å². The quantitative estimate of drug-likeness (QED) is 0.892. The summed E-state index contributed by atoms with van der Waals surface area (Å²) in [5, 5.41) is 13.9. The molecule has 1 heterocycles. The Morgan fingerprint density at radius 1 is 1.45 bits per heavy atom. The van der Waals surface area contributed by atoms with Crippen LogP contribution in [0.25, 0.3) is 10.9 Å². The standard InChI is InChI=1S/C16H18N4/c1-16(10-18,12-6-7-12)20-15-11(8-17)9-19-14-5-3-2-4-13(14)15/h2-5,9,12H,6-7,10,18H2,1H3,(H,19,20). The molecule has 4 heteroatoms. The molecule has 0 spiro atoms. The molecule has 102 valence electrons. The molecule has 0 aliphatic heterocycles. The zero-order valence-corrected chi connectivity index (χ0v) is 11.6. The van der Waals surface area contributed by atoms with Gasteiger partial charge in [-0.05, 0) is 31.7 Å². The number of rotatable bonds is 4. The number of nitriles is 1. The van der Waals surface area contributed by atoms with E-state index in [4.69, 9.17) is 5.73 Å². The van der Waals surface area contributed by atoms with E-state index in [1.54, 1.807) is 6.20 Å². The van der Waals surface area contributed by atoms with Crippen LogP contribution < -0.4 is 11.1 Å². The lowest BCUT2D eigenvalue weighted by Crippen LogP contribution is -2.44. The third kappa shape index (κ3) is 2.10. The molecule has 4 nitrogen and oxygen atoms in total. The van der Waals surface area contributed by atoms with Crippen LogP contribution >= 0.6 is 0 Å². The van der Waals surface area contributed by atoms with E-state index in [0.29, 0.717) is 18.0 Å². The maximum Gasteiger partial charge on any atom is 0.103 e. The number of pyridine rings is 1. The van der Waals surface area contributed by atoms with Crippen molar-refractivity contribution >= 4 is 16.6 Å². The molecule has 1 aliphatic carbocycles. The Morgan fingerprint density at radius 3 is 2.85 bits per heavy atom. The largest absolute Gasteiger partial charge is 0.377 e. The monoisotopic (exact) mass is 266 g/mol. The molecule has 1 fully saturated rings. The molecule has 0 saturated heterocycles. The fourth-order valence-electron chi connectivity index (χ4n) is 2.69. The Labute approximate surface area is 118 Å². The lowest BCUT2D eigenvalue weighted by atomic mass is 9.94. The number of hydrogen-bond acceptors (Lipinski definition) is 4. The summed E-state index contributed by atoms with van der Waals surface area (Å²) in [4.78, 5) is 4.34. The van der Waals surface area contributed by atoms with Gasteiger partial charge in [-0.3, -0.25) is 4.98 Å². The molecule has 1 aliphatic rings. The highest BCUT2D eigenvalue weighted by atomic mass is 15.0. The molecular weight excluding hydrogens is 248 g/mol. The van der Waals surface area contributed by atoms with E-state index in [2.05, 4.69) is 23.3 Å². The van der Waals surface area contributed by atoms with Crippen LogP contribution in [0.2, 0.25) is 0 Å². The summed E-state index contributed by atoms with van der Waals surface area (Å²) in [7, 11) is 0. The van der Waals surface area contributed by atoms with Gasteiger partial charge in [-0.25, -0.2) is 0 Å². The van der Waals surface area contributed by atoms with Crippen molar-refractivity contribution < 1.29 is 0 Å². The Balaban J connectivity index is 2.11. The highest BCUT2D eigenvalue weighted by Crippen LogP contribution is 2.42. The first-order valence-corrected chi connectivity index (χ1v) is 6.94. The van der Waals surface area contributed by atoms with Gasteiger partial charge in [-0.15, -0.1) is 0 Å². The molecule has 3 N–H and O–H groups in total. The number of hydrogen-bond donors (Lipinski definition) is 2. The van der Waals surface area contributed by atoms with Crippen LogP contribution in [0.1, 0.15) is 25.3 Å². The van der Waals surface area contributed by atoms with Gasteiger partial charge in [-0.1, -0.05) is 18.2 Å². The first-order valence-electron chi connectivity index (χ1n) is 6.94. The fourth-order valence-corrected chi connectivity index (χ4v) is 2.69. The molecule has 1 atom stereocenters. The Bertz CT molecular complexity index is 684.